The number of carboxylic acids is 2. The van der Waals surface area contributed by atoms with Gasteiger partial charge >= 0.3 is 11.9 Å². The van der Waals surface area contributed by atoms with Crippen molar-refractivity contribution in [3.8, 4) is 0 Å². The highest BCUT2D eigenvalue weighted by Gasteiger charge is 2.37. The Balaban J connectivity index is 4.72. The minimum Gasteiger partial charge on any atom is -0.481 e. The third-order valence-electron chi connectivity index (χ3n) is 6.42. The number of carbonyl (C=O) groups is 2. The summed E-state index contributed by atoms with van der Waals surface area (Å²) in [5.74, 6) is -1.30. The van der Waals surface area contributed by atoms with Crippen molar-refractivity contribution < 1.29 is 19.8 Å². The molecule has 1 unspecified atom stereocenters. The summed E-state index contributed by atoms with van der Waals surface area (Å²) in [6.07, 6.45) is 13.0. The second-order valence-corrected chi connectivity index (χ2v) is 8.40. The first-order chi connectivity index (χ1) is 12.8. The maximum atomic E-state index is 12.0. The largest absolute Gasteiger partial charge is 0.481 e. The van der Waals surface area contributed by atoms with Crippen LogP contribution in [0.4, 0.5) is 0 Å². The van der Waals surface area contributed by atoms with E-state index < -0.39 is 22.8 Å². The molecule has 0 heterocycles. The molecular formula is C23H44O4. The lowest BCUT2D eigenvalue weighted by Gasteiger charge is -2.30. The fraction of sp³-hybridized carbons (Fsp3) is 0.913. The zero-order valence-electron chi connectivity index (χ0n) is 18.3. The Labute approximate surface area is 167 Å². The minimum absolute atomic E-state index is 0.580. The number of hydrogen-bond donors (Lipinski definition) is 2. The molecule has 0 aliphatic carbocycles. The van der Waals surface area contributed by atoms with Gasteiger partial charge in [-0.15, -0.1) is 0 Å². The van der Waals surface area contributed by atoms with Crippen LogP contribution in [0.3, 0.4) is 0 Å². The molecule has 27 heavy (non-hydrogen) atoms. The Hall–Kier alpha value is -1.06. The van der Waals surface area contributed by atoms with Gasteiger partial charge in [0.25, 0.3) is 0 Å². The molecule has 0 bridgehead atoms. The van der Waals surface area contributed by atoms with Gasteiger partial charge in [-0.3, -0.25) is 9.59 Å². The van der Waals surface area contributed by atoms with Crippen LogP contribution in [0.2, 0.25) is 0 Å². The van der Waals surface area contributed by atoms with Gasteiger partial charge in [0.15, 0.2) is 0 Å². The van der Waals surface area contributed by atoms with E-state index in [1.165, 1.54) is 0 Å². The molecule has 0 aliphatic heterocycles. The Bertz CT molecular complexity index is 411. The highest BCUT2D eigenvalue weighted by Crippen LogP contribution is 2.39. The maximum Gasteiger partial charge on any atom is 0.309 e. The molecule has 0 spiro atoms. The molecule has 0 radical (unpaired) electrons. The molecule has 0 fully saturated rings. The summed E-state index contributed by atoms with van der Waals surface area (Å²) in [5, 5.41) is 19.6. The summed E-state index contributed by atoms with van der Waals surface area (Å²) in [4.78, 5) is 23.9. The zero-order valence-corrected chi connectivity index (χ0v) is 18.3. The Kier molecular flexibility index (Phi) is 13.5. The molecule has 0 rings (SSSR count). The number of hydrogen-bond acceptors (Lipinski definition) is 2. The zero-order chi connectivity index (χ0) is 20.8. The fourth-order valence-electron chi connectivity index (χ4n) is 4.19. The van der Waals surface area contributed by atoms with Crippen molar-refractivity contribution in [1.82, 2.24) is 0 Å². The molecule has 2 N–H and O–H groups in total. The molecule has 160 valence electrons. The number of aliphatic carboxylic acids is 2. The van der Waals surface area contributed by atoms with E-state index in [2.05, 4.69) is 20.8 Å². The highest BCUT2D eigenvalue weighted by atomic mass is 16.4. The van der Waals surface area contributed by atoms with Gasteiger partial charge in [-0.1, -0.05) is 85.5 Å². The van der Waals surface area contributed by atoms with E-state index in [4.69, 9.17) is 0 Å². The molecule has 4 nitrogen and oxygen atoms in total. The molecule has 0 saturated carbocycles. The standard InChI is InChI=1S/C23H44O4/c1-5-9-15-22(8-4,20(24)25)18-13-12-14-19-23(21(26)27,16-10-6-2)17-11-7-3/h5-19H2,1-4H3,(H,24,25)(H,26,27). The Morgan fingerprint density at radius 3 is 1.22 bits per heavy atom. The third-order valence-corrected chi connectivity index (χ3v) is 6.42. The molecule has 0 aromatic carbocycles. The van der Waals surface area contributed by atoms with Gasteiger partial charge in [-0.05, 0) is 38.5 Å². The molecule has 4 heteroatoms. The molecule has 0 aromatic heterocycles. The molecule has 0 amide bonds. The average molecular weight is 385 g/mol. The number of rotatable bonds is 18. The van der Waals surface area contributed by atoms with Gasteiger partial charge in [0.2, 0.25) is 0 Å². The van der Waals surface area contributed by atoms with Crippen LogP contribution in [-0.2, 0) is 9.59 Å². The number of carboxylic acid groups (broad SMARTS) is 2. The van der Waals surface area contributed by atoms with E-state index in [9.17, 15) is 19.8 Å². The van der Waals surface area contributed by atoms with Crippen molar-refractivity contribution in [3.05, 3.63) is 0 Å². The summed E-state index contributed by atoms with van der Waals surface area (Å²) >= 11 is 0. The van der Waals surface area contributed by atoms with Gasteiger partial charge in [0.1, 0.15) is 0 Å². The smallest absolute Gasteiger partial charge is 0.309 e. The van der Waals surface area contributed by atoms with Gasteiger partial charge in [-0.2, -0.15) is 0 Å². The van der Waals surface area contributed by atoms with Crippen molar-refractivity contribution in [2.75, 3.05) is 0 Å². The second kappa shape index (κ2) is 14.0. The lowest BCUT2D eigenvalue weighted by molar-refractivity contribution is -0.151. The van der Waals surface area contributed by atoms with Crippen LogP contribution >= 0.6 is 0 Å². The van der Waals surface area contributed by atoms with Gasteiger partial charge in [0, 0.05) is 0 Å². The lowest BCUT2D eigenvalue weighted by atomic mass is 9.73. The summed E-state index contributed by atoms with van der Waals surface area (Å²) < 4.78 is 0. The summed E-state index contributed by atoms with van der Waals surface area (Å²) in [7, 11) is 0. The van der Waals surface area contributed by atoms with E-state index in [0.717, 1.165) is 83.5 Å². The van der Waals surface area contributed by atoms with Crippen LogP contribution in [-0.4, -0.2) is 22.2 Å². The third kappa shape index (κ3) is 8.66. The van der Waals surface area contributed by atoms with E-state index in [-0.39, 0.29) is 0 Å². The Morgan fingerprint density at radius 2 is 0.889 bits per heavy atom. The minimum atomic E-state index is -0.663. The van der Waals surface area contributed by atoms with E-state index >= 15 is 0 Å². The lowest BCUT2D eigenvalue weighted by Crippen LogP contribution is -2.31. The second-order valence-electron chi connectivity index (χ2n) is 8.40. The van der Waals surface area contributed by atoms with Crippen LogP contribution in [0, 0.1) is 10.8 Å². The van der Waals surface area contributed by atoms with Crippen LogP contribution in [0.25, 0.3) is 0 Å². The van der Waals surface area contributed by atoms with Crippen LogP contribution in [0.5, 0.6) is 0 Å². The van der Waals surface area contributed by atoms with E-state index in [1.54, 1.807) is 0 Å². The van der Waals surface area contributed by atoms with Crippen LogP contribution in [0.15, 0.2) is 0 Å². The predicted octanol–water partition coefficient (Wildman–Crippen LogP) is 7.06. The first-order valence-corrected chi connectivity index (χ1v) is 11.3. The normalized spacial score (nSPS) is 14.1. The molecular weight excluding hydrogens is 340 g/mol. The van der Waals surface area contributed by atoms with Crippen LogP contribution in [0.1, 0.15) is 124 Å². The fourth-order valence-corrected chi connectivity index (χ4v) is 4.19. The van der Waals surface area contributed by atoms with Gasteiger partial charge in [-0.25, -0.2) is 0 Å². The Morgan fingerprint density at radius 1 is 0.556 bits per heavy atom. The molecule has 0 saturated heterocycles. The number of unbranched alkanes of at least 4 members (excludes halogenated alkanes) is 5. The average Bonchev–Trinajstić information content (AvgIpc) is 2.65. The van der Waals surface area contributed by atoms with E-state index in [0.29, 0.717) is 12.8 Å². The summed E-state index contributed by atoms with van der Waals surface area (Å²) in [5.41, 5.74) is -1.17. The topological polar surface area (TPSA) is 74.6 Å². The van der Waals surface area contributed by atoms with Gasteiger partial charge < -0.3 is 10.2 Å². The maximum absolute atomic E-state index is 12.0. The first-order valence-electron chi connectivity index (χ1n) is 11.3. The quantitative estimate of drug-likeness (QED) is 0.248. The molecule has 1 atom stereocenters. The summed E-state index contributed by atoms with van der Waals surface area (Å²) in [6.45, 7) is 8.30. The van der Waals surface area contributed by atoms with Crippen molar-refractivity contribution in [2.24, 2.45) is 10.8 Å². The van der Waals surface area contributed by atoms with E-state index in [1.807, 2.05) is 6.92 Å². The molecule has 0 aliphatic rings. The SMILES string of the molecule is CCCCC(CC)(CCCCCC(CCCC)(CCCC)C(=O)O)C(=O)O. The van der Waals surface area contributed by atoms with Gasteiger partial charge in [0.05, 0.1) is 10.8 Å². The first kappa shape index (κ1) is 25.9. The van der Waals surface area contributed by atoms with Crippen LogP contribution < -0.4 is 0 Å². The predicted molar refractivity (Wildman–Crippen MR) is 112 cm³/mol. The monoisotopic (exact) mass is 384 g/mol. The van der Waals surface area contributed by atoms with Crippen molar-refractivity contribution in [2.45, 2.75) is 124 Å². The summed E-state index contributed by atoms with van der Waals surface area (Å²) in [6, 6.07) is 0. The van der Waals surface area contributed by atoms with Crippen molar-refractivity contribution in [1.29, 1.82) is 0 Å². The molecule has 0 aromatic rings. The highest BCUT2D eigenvalue weighted by molar-refractivity contribution is 5.75. The van der Waals surface area contributed by atoms with Crippen molar-refractivity contribution >= 4 is 11.9 Å². The van der Waals surface area contributed by atoms with Crippen molar-refractivity contribution in [3.63, 3.8) is 0 Å².